The molecular weight excluding hydrogens is 522 g/mol. The van der Waals surface area contributed by atoms with Crippen molar-refractivity contribution < 1.29 is 23.8 Å². The molecule has 0 unspecified atom stereocenters. The summed E-state index contributed by atoms with van der Waals surface area (Å²) in [5.74, 6) is -0.887. The molecule has 222 valence electrons. The second-order valence-corrected chi connectivity index (χ2v) is 10.0. The van der Waals surface area contributed by atoms with Crippen LogP contribution >= 0.6 is 0 Å². The van der Waals surface area contributed by atoms with Crippen LogP contribution < -0.4 is 21.7 Å². The molecule has 1 saturated heterocycles. The number of hydrogen-bond donors (Lipinski definition) is 3. The molecule has 0 aromatic heterocycles. The Hall–Kier alpha value is -3.49. The van der Waals surface area contributed by atoms with Gasteiger partial charge in [0.2, 0.25) is 0 Å². The zero-order valence-corrected chi connectivity index (χ0v) is 23.8. The van der Waals surface area contributed by atoms with Crippen LogP contribution in [0, 0.1) is 11.3 Å². The molecule has 1 amide bonds. The van der Waals surface area contributed by atoms with Gasteiger partial charge in [-0.15, -0.1) is 0 Å². The Bertz CT molecular complexity index is 1190. The van der Waals surface area contributed by atoms with Gasteiger partial charge < -0.3 is 35.9 Å². The van der Waals surface area contributed by atoms with Gasteiger partial charge in [-0.05, 0) is 79.3 Å². The van der Waals surface area contributed by atoms with Crippen molar-refractivity contribution in [1.29, 1.82) is 5.26 Å². The molecule has 0 saturated carbocycles. The second-order valence-electron chi connectivity index (χ2n) is 10.0. The van der Waals surface area contributed by atoms with Crippen molar-refractivity contribution in [2.75, 3.05) is 64.1 Å². The van der Waals surface area contributed by atoms with Gasteiger partial charge in [0, 0.05) is 25.3 Å². The predicted octanol–water partition coefficient (Wildman–Crippen LogP) is 2.89. The number of unbranched alkanes of at least 4 members (excludes halogenated alkanes) is 1. The van der Waals surface area contributed by atoms with Crippen LogP contribution in [0.15, 0.2) is 42.0 Å². The summed E-state index contributed by atoms with van der Waals surface area (Å²) in [5.41, 5.74) is 13.3. The third kappa shape index (κ3) is 11.1. The fraction of sp³-hybridized carbons (Fsp3) is 0.516. The van der Waals surface area contributed by atoms with Crippen molar-refractivity contribution in [3.63, 3.8) is 0 Å². The summed E-state index contributed by atoms with van der Waals surface area (Å²) in [6, 6.07) is 13.7. The SMILES string of the molecule is N#C/C(=C\c1ccc2cc(N3CCCCC3)ccc2c1)C(=O)NCCOCCOCCOC(=O)[C@@H](N)CCCCN. The van der Waals surface area contributed by atoms with Gasteiger partial charge in [0.25, 0.3) is 5.91 Å². The maximum Gasteiger partial charge on any atom is 0.322 e. The van der Waals surface area contributed by atoms with Gasteiger partial charge in [-0.1, -0.05) is 24.6 Å². The van der Waals surface area contributed by atoms with E-state index in [9.17, 15) is 14.9 Å². The maximum atomic E-state index is 12.5. The molecule has 5 N–H and O–H groups in total. The highest BCUT2D eigenvalue weighted by Gasteiger charge is 2.14. The highest BCUT2D eigenvalue weighted by molar-refractivity contribution is 6.02. The van der Waals surface area contributed by atoms with Gasteiger partial charge >= 0.3 is 5.97 Å². The Morgan fingerprint density at radius 2 is 1.68 bits per heavy atom. The molecule has 0 aliphatic carbocycles. The molecule has 3 rings (SSSR count). The molecule has 1 atom stereocenters. The zero-order chi connectivity index (χ0) is 29.3. The number of ether oxygens (including phenoxy) is 3. The van der Waals surface area contributed by atoms with Gasteiger partial charge in [0.15, 0.2) is 0 Å². The van der Waals surface area contributed by atoms with E-state index in [-0.39, 0.29) is 31.9 Å². The summed E-state index contributed by atoms with van der Waals surface area (Å²) in [4.78, 5) is 26.7. The van der Waals surface area contributed by atoms with E-state index in [0.717, 1.165) is 42.3 Å². The largest absolute Gasteiger partial charge is 0.462 e. The van der Waals surface area contributed by atoms with Crippen molar-refractivity contribution in [1.82, 2.24) is 5.32 Å². The summed E-state index contributed by atoms with van der Waals surface area (Å²) in [6.07, 6.45) is 7.53. The van der Waals surface area contributed by atoms with Crippen molar-refractivity contribution in [2.45, 2.75) is 44.6 Å². The quantitative estimate of drug-likeness (QED) is 0.114. The highest BCUT2D eigenvalue weighted by atomic mass is 16.6. The van der Waals surface area contributed by atoms with E-state index >= 15 is 0 Å². The van der Waals surface area contributed by atoms with Gasteiger partial charge in [-0.2, -0.15) is 5.26 Å². The highest BCUT2D eigenvalue weighted by Crippen LogP contribution is 2.26. The topological polar surface area (TPSA) is 153 Å². The monoisotopic (exact) mass is 565 g/mol. The van der Waals surface area contributed by atoms with E-state index in [2.05, 4.69) is 28.4 Å². The van der Waals surface area contributed by atoms with Crippen molar-refractivity contribution in [3.8, 4) is 6.07 Å². The van der Waals surface area contributed by atoms with E-state index in [0.29, 0.717) is 26.2 Å². The van der Waals surface area contributed by atoms with Crippen LogP contribution in [0.1, 0.15) is 44.1 Å². The van der Waals surface area contributed by atoms with Crippen LogP contribution in [0.5, 0.6) is 0 Å². The first-order valence-electron chi connectivity index (χ1n) is 14.5. The molecule has 0 spiro atoms. The number of benzene rings is 2. The van der Waals surface area contributed by atoms with E-state index in [1.165, 1.54) is 24.9 Å². The Morgan fingerprint density at radius 1 is 0.976 bits per heavy atom. The number of hydrogen-bond acceptors (Lipinski definition) is 9. The second kappa shape index (κ2) is 18.0. The van der Waals surface area contributed by atoms with Crippen molar-refractivity contribution in [3.05, 3.63) is 47.5 Å². The van der Waals surface area contributed by atoms with Crippen LogP contribution in [0.2, 0.25) is 0 Å². The molecule has 0 radical (unpaired) electrons. The average molecular weight is 566 g/mol. The minimum absolute atomic E-state index is 0.0336. The van der Waals surface area contributed by atoms with E-state index in [1.54, 1.807) is 6.08 Å². The smallest absolute Gasteiger partial charge is 0.322 e. The van der Waals surface area contributed by atoms with Gasteiger partial charge in [0.05, 0.1) is 26.4 Å². The number of nitrogens with zero attached hydrogens (tertiary/aromatic N) is 2. The number of esters is 1. The Morgan fingerprint density at radius 3 is 2.44 bits per heavy atom. The van der Waals surface area contributed by atoms with Crippen molar-refractivity contribution in [2.24, 2.45) is 11.5 Å². The number of carbonyl (C=O) groups excluding carboxylic acids is 2. The minimum Gasteiger partial charge on any atom is -0.462 e. The van der Waals surface area contributed by atoms with E-state index in [1.807, 2.05) is 24.3 Å². The lowest BCUT2D eigenvalue weighted by Crippen LogP contribution is -2.33. The minimum atomic E-state index is -0.637. The molecule has 2 aromatic rings. The number of amides is 1. The molecule has 1 heterocycles. The number of nitrogens with one attached hydrogen (secondary N) is 1. The fourth-order valence-electron chi connectivity index (χ4n) is 4.59. The predicted molar refractivity (Wildman–Crippen MR) is 160 cm³/mol. The molecule has 2 aromatic carbocycles. The summed E-state index contributed by atoms with van der Waals surface area (Å²) in [6.45, 7) is 4.30. The molecule has 1 aliphatic heterocycles. The lowest BCUT2D eigenvalue weighted by Gasteiger charge is -2.29. The zero-order valence-electron chi connectivity index (χ0n) is 23.8. The molecule has 0 bridgehead atoms. The standard InChI is InChI=1S/C31H43N5O5/c32-11-3-2-6-29(34)31(38)41-19-18-40-17-16-39-15-12-35-30(37)27(23-33)21-24-7-8-26-22-28(10-9-25(26)20-24)36-13-4-1-5-14-36/h7-10,20-22,29H,1-6,11-19,32,34H2,(H,35,37)/b27-21+/t29-/m0/s1. The number of fused-ring (bicyclic) bond motifs is 1. The summed E-state index contributed by atoms with van der Waals surface area (Å²) in [7, 11) is 0. The van der Waals surface area contributed by atoms with Gasteiger partial charge in [-0.25, -0.2) is 0 Å². The van der Waals surface area contributed by atoms with Gasteiger partial charge in [-0.3, -0.25) is 9.59 Å². The number of anilines is 1. The molecule has 10 heteroatoms. The van der Waals surface area contributed by atoms with Crippen LogP contribution in [-0.4, -0.2) is 77.1 Å². The molecule has 41 heavy (non-hydrogen) atoms. The first-order valence-corrected chi connectivity index (χ1v) is 14.5. The maximum absolute atomic E-state index is 12.5. The number of rotatable bonds is 17. The Labute approximate surface area is 242 Å². The lowest BCUT2D eigenvalue weighted by atomic mass is 10.0. The van der Waals surface area contributed by atoms with Crippen LogP contribution in [0.3, 0.4) is 0 Å². The number of nitrogens with two attached hydrogens (primary N) is 2. The van der Waals surface area contributed by atoms with E-state index < -0.39 is 17.9 Å². The third-order valence-corrected chi connectivity index (χ3v) is 6.89. The molecule has 10 nitrogen and oxygen atoms in total. The first kappa shape index (κ1) is 32.0. The lowest BCUT2D eigenvalue weighted by molar-refractivity contribution is -0.147. The molecule has 1 fully saturated rings. The van der Waals surface area contributed by atoms with Crippen LogP contribution in [0.4, 0.5) is 5.69 Å². The number of piperidine rings is 1. The summed E-state index contributed by atoms with van der Waals surface area (Å²) in [5, 5.41) is 14.4. The molecule has 1 aliphatic rings. The average Bonchev–Trinajstić information content (AvgIpc) is 3.00. The summed E-state index contributed by atoms with van der Waals surface area (Å²) >= 11 is 0. The van der Waals surface area contributed by atoms with Crippen LogP contribution in [-0.2, 0) is 23.8 Å². The first-order chi connectivity index (χ1) is 20.0. The Balaban J connectivity index is 1.31. The number of nitriles is 1. The van der Waals surface area contributed by atoms with Crippen LogP contribution in [0.25, 0.3) is 16.8 Å². The fourth-order valence-corrected chi connectivity index (χ4v) is 4.59. The Kier molecular flexibility index (Phi) is 14.1. The summed E-state index contributed by atoms with van der Waals surface area (Å²) < 4.78 is 15.9. The normalized spacial score (nSPS) is 14.5. The van der Waals surface area contributed by atoms with Crippen molar-refractivity contribution >= 4 is 34.4 Å². The van der Waals surface area contributed by atoms with E-state index in [4.69, 9.17) is 25.7 Å². The van der Waals surface area contributed by atoms with Gasteiger partial charge in [0.1, 0.15) is 24.3 Å². The molecular formula is C31H43N5O5. The number of carbonyl (C=O) groups is 2. The third-order valence-electron chi connectivity index (χ3n) is 6.89.